The van der Waals surface area contributed by atoms with Crippen molar-refractivity contribution in [1.29, 1.82) is 0 Å². The van der Waals surface area contributed by atoms with Crippen LogP contribution in [0.25, 0.3) is 0 Å². The Balaban J connectivity index is 3.06. The van der Waals surface area contributed by atoms with Gasteiger partial charge in [-0.3, -0.25) is 9.69 Å². The van der Waals surface area contributed by atoms with Crippen molar-refractivity contribution < 1.29 is 14.1 Å². The maximum absolute atomic E-state index is 11.6. The van der Waals surface area contributed by atoms with Crippen LogP contribution in [0.5, 0.6) is 0 Å². The summed E-state index contributed by atoms with van der Waals surface area (Å²) in [6.07, 6.45) is -0.0407. The second kappa shape index (κ2) is 3.16. The molecule has 72 valence electrons. The monoisotopic (exact) mass is 201 g/mol. The van der Waals surface area contributed by atoms with Gasteiger partial charge in [-0.2, -0.15) is 0 Å². The molecular weight excluding hydrogens is 188 g/mol. The lowest BCUT2D eigenvalue weighted by Crippen LogP contribution is -2.64. The molecule has 0 saturated carbocycles. The van der Waals surface area contributed by atoms with Crippen molar-refractivity contribution >= 4 is 29.1 Å². The lowest BCUT2D eigenvalue weighted by molar-refractivity contribution is -0.743. The van der Waals surface area contributed by atoms with E-state index in [1.807, 2.05) is 6.92 Å². The number of nitrogens with zero attached hydrogens (tertiary/aromatic N) is 2. The number of thiocarbonyl (C=S) groups is 1. The molecule has 1 aliphatic heterocycles. The van der Waals surface area contributed by atoms with Crippen LogP contribution in [0.1, 0.15) is 13.3 Å². The third-order valence-electron chi connectivity index (χ3n) is 2.57. The van der Waals surface area contributed by atoms with Gasteiger partial charge in [0.15, 0.2) is 0 Å². The molecule has 0 aliphatic carbocycles. The number of rotatable bonds is 1. The Labute approximate surface area is 82.7 Å². The van der Waals surface area contributed by atoms with E-state index in [2.05, 4.69) is 0 Å². The molecule has 0 spiro atoms. The fraction of sp³-hybridized carbons (Fsp3) is 0.625. The summed E-state index contributed by atoms with van der Waals surface area (Å²) in [6.45, 7) is 2.48. The Hall–Kier alpha value is -0.810. The molecule has 4 nitrogen and oxygen atoms in total. The minimum absolute atomic E-state index is 0.0407. The molecule has 1 unspecified atom stereocenters. The number of hydrogen-bond donors (Lipinski definition) is 0. The summed E-state index contributed by atoms with van der Waals surface area (Å²) in [4.78, 5) is 24.2. The summed E-state index contributed by atoms with van der Waals surface area (Å²) < 4.78 is 0.0670. The SMILES string of the molecule is CC[N+]1(C)C(=O)CC(=O)N(C)C1=S. The van der Waals surface area contributed by atoms with Gasteiger partial charge in [-0.25, -0.2) is 9.28 Å². The molecule has 1 aliphatic rings. The Morgan fingerprint density at radius 2 is 2.08 bits per heavy atom. The standard InChI is InChI=1S/C8H13N2O2S/c1-4-10(3)7(12)5-6(11)9(2)8(10)13/h4-5H2,1-3H3/q+1. The first-order valence-electron chi connectivity index (χ1n) is 4.13. The summed E-state index contributed by atoms with van der Waals surface area (Å²) in [5.41, 5.74) is 0. The van der Waals surface area contributed by atoms with E-state index in [0.717, 1.165) is 0 Å². The topological polar surface area (TPSA) is 37.4 Å². The number of hydrogen-bond acceptors (Lipinski definition) is 3. The average molecular weight is 201 g/mol. The minimum atomic E-state index is -0.209. The maximum Gasteiger partial charge on any atom is 0.329 e. The van der Waals surface area contributed by atoms with Gasteiger partial charge in [-0.1, -0.05) is 0 Å². The zero-order valence-corrected chi connectivity index (χ0v) is 8.85. The molecule has 0 aromatic carbocycles. The van der Waals surface area contributed by atoms with Crippen molar-refractivity contribution in [2.75, 3.05) is 20.6 Å². The minimum Gasteiger partial charge on any atom is -0.274 e. The smallest absolute Gasteiger partial charge is 0.274 e. The Bertz CT molecular complexity index is 290. The van der Waals surface area contributed by atoms with Gasteiger partial charge in [0, 0.05) is 19.3 Å². The fourth-order valence-electron chi connectivity index (χ4n) is 1.28. The van der Waals surface area contributed by atoms with E-state index < -0.39 is 0 Å². The van der Waals surface area contributed by atoms with Crippen molar-refractivity contribution in [2.24, 2.45) is 0 Å². The predicted molar refractivity (Wildman–Crippen MR) is 51.7 cm³/mol. The van der Waals surface area contributed by atoms with Gasteiger partial charge in [0.05, 0.1) is 13.6 Å². The maximum atomic E-state index is 11.6. The van der Waals surface area contributed by atoms with Crippen molar-refractivity contribution in [3.8, 4) is 0 Å². The second-order valence-corrected chi connectivity index (χ2v) is 3.68. The number of quaternary nitrogens is 1. The van der Waals surface area contributed by atoms with Crippen LogP contribution in [0, 0.1) is 0 Å². The molecule has 1 atom stereocenters. The first-order chi connectivity index (χ1) is 5.93. The van der Waals surface area contributed by atoms with Crippen LogP contribution in [0.2, 0.25) is 0 Å². The highest BCUT2D eigenvalue weighted by Gasteiger charge is 2.45. The van der Waals surface area contributed by atoms with Crippen LogP contribution in [0.3, 0.4) is 0 Å². The molecule has 0 aromatic rings. The Morgan fingerprint density at radius 1 is 1.54 bits per heavy atom. The molecule has 1 heterocycles. The van der Waals surface area contributed by atoms with Gasteiger partial charge in [0.25, 0.3) is 5.11 Å². The lowest BCUT2D eigenvalue weighted by atomic mass is 10.2. The second-order valence-electron chi connectivity index (χ2n) is 3.31. The summed E-state index contributed by atoms with van der Waals surface area (Å²) in [5.74, 6) is -0.324. The van der Waals surface area contributed by atoms with Crippen molar-refractivity contribution in [1.82, 2.24) is 4.90 Å². The van der Waals surface area contributed by atoms with Crippen LogP contribution in [-0.2, 0) is 9.59 Å². The molecule has 13 heavy (non-hydrogen) atoms. The Kier molecular flexibility index (Phi) is 2.49. The fourth-order valence-corrected chi connectivity index (χ4v) is 1.61. The molecule has 0 aromatic heterocycles. The molecule has 5 heteroatoms. The molecule has 0 bridgehead atoms. The first-order valence-corrected chi connectivity index (χ1v) is 4.54. The largest absolute Gasteiger partial charge is 0.329 e. The van der Waals surface area contributed by atoms with Gasteiger partial charge in [-0.05, 0) is 6.92 Å². The molecule has 1 rings (SSSR count). The molecule has 1 fully saturated rings. The summed E-state index contributed by atoms with van der Waals surface area (Å²) in [6, 6.07) is 0. The number of carbonyl (C=O) groups is 2. The van der Waals surface area contributed by atoms with Gasteiger partial charge in [0.2, 0.25) is 5.91 Å². The van der Waals surface area contributed by atoms with E-state index in [4.69, 9.17) is 12.2 Å². The zero-order valence-electron chi connectivity index (χ0n) is 8.03. The van der Waals surface area contributed by atoms with E-state index in [0.29, 0.717) is 11.7 Å². The van der Waals surface area contributed by atoms with Crippen LogP contribution in [-0.4, -0.2) is 46.9 Å². The predicted octanol–water partition coefficient (Wildman–Crippen LogP) is 0.126. The molecular formula is C8H13N2O2S+. The van der Waals surface area contributed by atoms with Gasteiger partial charge in [-0.15, -0.1) is 0 Å². The summed E-state index contributed by atoms with van der Waals surface area (Å²) in [7, 11) is 3.36. The third-order valence-corrected chi connectivity index (χ3v) is 3.25. The van der Waals surface area contributed by atoms with Crippen molar-refractivity contribution in [3.05, 3.63) is 0 Å². The highest BCUT2D eigenvalue weighted by Crippen LogP contribution is 2.17. The highest BCUT2D eigenvalue weighted by molar-refractivity contribution is 7.80. The lowest BCUT2D eigenvalue weighted by Gasteiger charge is -2.37. The highest BCUT2D eigenvalue weighted by atomic mass is 32.1. The van der Waals surface area contributed by atoms with Crippen LogP contribution in [0.15, 0.2) is 0 Å². The van der Waals surface area contributed by atoms with Crippen LogP contribution in [0.4, 0.5) is 0 Å². The molecule has 1 saturated heterocycles. The van der Waals surface area contributed by atoms with E-state index in [1.54, 1.807) is 14.1 Å². The van der Waals surface area contributed by atoms with E-state index in [9.17, 15) is 9.59 Å². The average Bonchev–Trinajstić information content (AvgIpc) is 2.11. The Morgan fingerprint density at radius 3 is 2.54 bits per heavy atom. The first kappa shape index (κ1) is 10.3. The number of carbonyl (C=O) groups excluding carboxylic acids is 2. The van der Waals surface area contributed by atoms with Crippen LogP contribution >= 0.6 is 12.2 Å². The molecule has 0 radical (unpaired) electrons. The van der Waals surface area contributed by atoms with E-state index in [1.165, 1.54) is 4.90 Å². The van der Waals surface area contributed by atoms with Gasteiger partial charge < -0.3 is 0 Å². The third kappa shape index (κ3) is 1.38. The van der Waals surface area contributed by atoms with E-state index >= 15 is 0 Å². The number of amides is 2. The van der Waals surface area contributed by atoms with E-state index in [-0.39, 0.29) is 22.7 Å². The van der Waals surface area contributed by atoms with Gasteiger partial charge in [0.1, 0.15) is 6.42 Å². The summed E-state index contributed by atoms with van der Waals surface area (Å²) in [5, 5.41) is 0.392. The quantitative estimate of drug-likeness (QED) is 0.344. The van der Waals surface area contributed by atoms with Gasteiger partial charge >= 0.3 is 5.91 Å². The molecule has 0 N–H and O–H groups in total. The summed E-state index contributed by atoms with van der Waals surface area (Å²) >= 11 is 5.07. The van der Waals surface area contributed by atoms with Crippen molar-refractivity contribution in [3.63, 3.8) is 0 Å². The van der Waals surface area contributed by atoms with Crippen LogP contribution < -0.4 is 0 Å². The normalized spacial score (nSPS) is 29.8. The van der Waals surface area contributed by atoms with Crippen molar-refractivity contribution in [2.45, 2.75) is 13.3 Å². The molecule has 2 amide bonds. The zero-order chi connectivity index (χ0) is 10.2.